The molecule has 0 bridgehead atoms. The molecule has 1 aliphatic rings. The first-order chi connectivity index (χ1) is 21.2. The van der Waals surface area contributed by atoms with Gasteiger partial charge in [-0.15, -0.1) is 0 Å². The molecule has 234 valence electrons. The van der Waals surface area contributed by atoms with Crippen molar-refractivity contribution < 1.29 is 23.9 Å². The Morgan fingerprint density at radius 1 is 0.955 bits per heavy atom. The summed E-state index contributed by atoms with van der Waals surface area (Å²) in [6, 6.07) is 21.3. The van der Waals surface area contributed by atoms with Crippen LogP contribution in [0.4, 0.5) is 0 Å². The lowest BCUT2D eigenvalue weighted by Gasteiger charge is -2.47. The summed E-state index contributed by atoms with van der Waals surface area (Å²) in [5, 5.41) is 4.12. The van der Waals surface area contributed by atoms with E-state index < -0.39 is 24.3 Å². The van der Waals surface area contributed by atoms with Crippen molar-refractivity contribution in [1.82, 2.24) is 10.2 Å². The van der Waals surface area contributed by atoms with Crippen molar-refractivity contribution in [3.05, 3.63) is 103 Å². The van der Waals surface area contributed by atoms with Gasteiger partial charge in [0, 0.05) is 33.0 Å². The number of rotatable bonds is 13. The minimum absolute atomic E-state index is 0.202. The second-order valence-electron chi connectivity index (χ2n) is 10.7. The average molecular weight is 751 g/mol. The van der Waals surface area contributed by atoms with Crippen molar-refractivity contribution in [2.45, 2.75) is 70.2 Å². The highest BCUT2D eigenvalue weighted by Gasteiger charge is 2.48. The van der Waals surface area contributed by atoms with Crippen LogP contribution in [-0.2, 0) is 30.3 Å². The van der Waals surface area contributed by atoms with Crippen molar-refractivity contribution in [3.63, 3.8) is 0 Å². The van der Waals surface area contributed by atoms with Gasteiger partial charge in [-0.05, 0) is 95.4 Å². The zero-order chi connectivity index (χ0) is 31.6. The lowest BCUT2D eigenvalue weighted by Crippen LogP contribution is -2.59. The summed E-state index contributed by atoms with van der Waals surface area (Å²) >= 11 is 14.8. The first kappa shape index (κ1) is 34.2. The maximum atomic E-state index is 14.5. The molecule has 1 aliphatic heterocycles. The van der Waals surface area contributed by atoms with E-state index in [4.69, 9.17) is 32.7 Å². The van der Waals surface area contributed by atoms with Gasteiger partial charge in [0.05, 0.1) is 12.6 Å². The van der Waals surface area contributed by atoms with E-state index in [1.807, 2.05) is 55.5 Å². The summed E-state index contributed by atoms with van der Waals surface area (Å²) in [5.74, 6) is -0.830. The molecule has 44 heavy (non-hydrogen) atoms. The zero-order valence-electron chi connectivity index (χ0n) is 24.8. The van der Waals surface area contributed by atoms with Crippen molar-refractivity contribution >= 4 is 63.6 Å². The van der Waals surface area contributed by atoms with Crippen LogP contribution in [0.2, 0.25) is 10.0 Å². The number of halogens is 3. The quantitative estimate of drug-likeness (QED) is 0.111. The summed E-state index contributed by atoms with van der Waals surface area (Å²) in [6.45, 7) is 4.35. The third-order valence-electron chi connectivity index (χ3n) is 7.53. The average Bonchev–Trinajstić information content (AvgIpc) is 3.01. The van der Waals surface area contributed by atoms with Crippen LogP contribution in [0.5, 0.6) is 0 Å². The van der Waals surface area contributed by atoms with Crippen LogP contribution >= 0.6 is 45.8 Å². The number of nitrogens with one attached hydrogen (secondary N) is 1. The van der Waals surface area contributed by atoms with Gasteiger partial charge in [-0.1, -0.05) is 72.9 Å². The van der Waals surface area contributed by atoms with Crippen LogP contribution < -0.4 is 5.32 Å². The molecular formula is C34H37Cl2IN2O5. The van der Waals surface area contributed by atoms with Gasteiger partial charge in [-0.3, -0.25) is 14.4 Å². The molecule has 1 fully saturated rings. The van der Waals surface area contributed by atoms with Gasteiger partial charge in [0.25, 0.3) is 5.91 Å². The summed E-state index contributed by atoms with van der Waals surface area (Å²) < 4.78 is 12.8. The SMILES string of the molecule is CCCC(C(=O)NCCCC(=O)OCC)N1C(=O)[C@H](Cc2ccc(I)cc2)O[C@@H](c2ccc(Cl)cc2)[C@H]1c1ccc(Cl)cc1. The lowest BCUT2D eigenvalue weighted by molar-refractivity contribution is -0.181. The topological polar surface area (TPSA) is 84.9 Å². The Morgan fingerprint density at radius 2 is 1.57 bits per heavy atom. The van der Waals surface area contributed by atoms with Gasteiger partial charge in [0.2, 0.25) is 5.91 Å². The molecule has 0 aliphatic carbocycles. The predicted molar refractivity (Wildman–Crippen MR) is 181 cm³/mol. The molecule has 1 saturated heterocycles. The molecule has 0 radical (unpaired) electrons. The van der Waals surface area contributed by atoms with E-state index >= 15 is 0 Å². The number of hydrogen-bond donors (Lipinski definition) is 1. The number of amides is 2. The number of morpholine rings is 1. The maximum absolute atomic E-state index is 14.5. The number of ether oxygens (including phenoxy) is 2. The Morgan fingerprint density at radius 3 is 2.16 bits per heavy atom. The number of nitrogens with zero attached hydrogens (tertiary/aromatic N) is 1. The lowest BCUT2D eigenvalue weighted by atomic mass is 9.88. The molecule has 4 rings (SSSR count). The Hall–Kier alpha value is -2.66. The van der Waals surface area contributed by atoms with Crippen LogP contribution in [0, 0.1) is 3.57 Å². The third kappa shape index (κ3) is 8.96. The second kappa shape index (κ2) is 16.6. The summed E-state index contributed by atoms with van der Waals surface area (Å²) in [4.78, 5) is 41.9. The fourth-order valence-electron chi connectivity index (χ4n) is 5.45. The summed E-state index contributed by atoms with van der Waals surface area (Å²) in [7, 11) is 0. The van der Waals surface area contributed by atoms with Crippen LogP contribution in [-0.4, -0.2) is 48.0 Å². The molecule has 1 heterocycles. The van der Waals surface area contributed by atoms with E-state index in [2.05, 4.69) is 27.9 Å². The Kier molecular flexibility index (Phi) is 12.9. The molecule has 3 aromatic carbocycles. The minimum atomic E-state index is -0.824. The van der Waals surface area contributed by atoms with Crippen molar-refractivity contribution in [3.8, 4) is 0 Å². The van der Waals surface area contributed by atoms with Gasteiger partial charge >= 0.3 is 5.97 Å². The highest BCUT2D eigenvalue weighted by Crippen LogP contribution is 2.44. The van der Waals surface area contributed by atoms with E-state index in [0.29, 0.717) is 42.3 Å². The van der Waals surface area contributed by atoms with E-state index in [1.54, 1.807) is 36.1 Å². The van der Waals surface area contributed by atoms with Gasteiger partial charge in [-0.2, -0.15) is 0 Å². The molecular weight excluding hydrogens is 714 g/mol. The first-order valence-electron chi connectivity index (χ1n) is 14.9. The highest BCUT2D eigenvalue weighted by atomic mass is 127. The molecule has 7 nitrogen and oxygen atoms in total. The predicted octanol–water partition coefficient (Wildman–Crippen LogP) is 7.48. The highest BCUT2D eigenvalue weighted by molar-refractivity contribution is 14.1. The largest absolute Gasteiger partial charge is 0.466 e. The Balaban J connectivity index is 1.74. The third-order valence-corrected chi connectivity index (χ3v) is 8.76. The molecule has 10 heteroatoms. The Labute approximate surface area is 282 Å². The number of carbonyl (C=O) groups is 3. The van der Waals surface area contributed by atoms with Crippen LogP contribution in [0.15, 0.2) is 72.8 Å². The number of esters is 1. The molecule has 1 N–H and O–H groups in total. The van der Waals surface area contributed by atoms with Gasteiger partial charge in [-0.25, -0.2) is 0 Å². The molecule has 3 aromatic rings. The molecule has 0 spiro atoms. The zero-order valence-corrected chi connectivity index (χ0v) is 28.5. The van der Waals surface area contributed by atoms with Crippen molar-refractivity contribution in [2.75, 3.05) is 13.2 Å². The normalized spacial score (nSPS) is 19.0. The smallest absolute Gasteiger partial charge is 0.305 e. The van der Waals surface area contributed by atoms with Crippen molar-refractivity contribution in [1.29, 1.82) is 0 Å². The molecule has 0 saturated carbocycles. The van der Waals surface area contributed by atoms with Crippen molar-refractivity contribution in [2.24, 2.45) is 0 Å². The van der Waals surface area contributed by atoms with Gasteiger partial charge in [0.1, 0.15) is 18.2 Å². The van der Waals surface area contributed by atoms with E-state index in [1.165, 1.54) is 0 Å². The van der Waals surface area contributed by atoms with E-state index in [9.17, 15) is 14.4 Å². The summed E-state index contributed by atoms with van der Waals surface area (Å²) in [6.07, 6.45) is 0.696. The fraction of sp³-hybridized carbons (Fsp3) is 0.382. The monoisotopic (exact) mass is 750 g/mol. The van der Waals surface area contributed by atoms with Gasteiger partial charge < -0.3 is 19.7 Å². The number of carbonyl (C=O) groups excluding carboxylic acids is 3. The number of hydrogen-bond acceptors (Lipinski definition) is 5. The molecule has 1 unspecified atom stereocenters. The first-order valence-corrected chi connectivity index (χ1v) is 16.7. The Bertz CT molecular complexity index is 1400. The van der Waals surface area contributed by atoms with E-state index in [-0.39, 0.29) is 30.7 Å². The molecule has 4 atom stereocenters. The fourth-order valence-corrected chi connectivity index (χ4v) is 6.06. The van der Waals surface area contributed by atoms with Crippen LogP contribution in [0.3, 0.4) is 0 Å². The van der Waals surface area contributed by atoms with Crippen LogP contribution in [0.1, 0.15) is 68.4 Å². The standard InChI is InChI=1S/C34H37Cl2IN2O5/c1-3-6-28(33(41)38-20-5-7-30(40)43-4-2)39-31(23-10-14-25(35)15-11-23)32(24-12-16-26(36)17-13-24)44-29(34(39)42)21-22-8-18-27(37)19-9-22/h8-19,28-29,31-32H,3-7,20-21H2,1-2H3,(H,38,41)/t28?,29-,31+,32-/m0/s1. The van der Waals surface area contributed by atoms with Crippen LogP contribution in [0.25, 0.3) is 0 Å². The molecule has 2 amide bonds. The van der Waals surface area contributed by atoms with Gasteiger partial charge in [0.15, 0.2) is 0 Å². The maximum Gasteiger partial charge on any atom is 0.305 e. The van der Waals surface area contributed by atoms with E-state index in [0.717, 1.165) is 20.3 Å². The second-order valence-corrected chi connectivity index (χ2v) is 12.8. The number of benzene rings is 3. The minimum Gasteiger partial charge on any atom is -0.466 e. The molecule has 0 aromatic heterocycles. The summed E-state index contributed by atoms with van der Waals surface area (Å²) in [5.41, 5.74) is 2.59.